The Bertz CT molecular complexity index is 486. The second-order valence-corrected chi connectivity index (χ2v) is 6.48. The van der Waals surface area contributed by atoms with Gasteiger partial charge >= 0.3 is 17.9 Å². The van der Waals surface area contributed by atoms with E-state index in [-0.39, 0.29) is 23.9 Å². The highest BCUT2D eigenvalue weighted by molar-refractivity contribution is 5.79. The Morgan fingerprint density at radius 3 is 2.82 bits per heavy atom. The van der Waals surface area contributed by atoms with Crippen LogP contribution in [0.5, 0.6) is 0 Å². The van der Waals surface area contributed by atoms with Crippen LogP contribution in [0.3, 0.4) is 0 Å². The molecule has 4 rings (SSSR count). The summed E-state index contributed by atoms with van der Waals surface area (Å²) in [5.41, 5.74) is 0. The second kappa shape index (κ2) is 5.87. The third kappa shape index (κ3) is 2.95. The van der Waals surface area contributed by atoms with Gasteiger partial charge in [-0.25, -0.2) is 9.59 Å². The third-order valence-corrected chi connectivity index (χ3v) is 4.78. The van der Waals surface area contributed by atoms with Crippen molar-refractivity contribution in [1.29, 1.82) is 0 Å². The van der Waals surface area contributed by atoms with Crippen molar-refractivity contribution in [2.75, 3.05) is 6.61 Å². The quantitative estimate of drug-likeness (QED) is 0.584. The lowest BCUT2D eigenvalue weighted by molar-refractivity contribution is -0.179. The fourth-order valence-corrected chi connectivity index (χ4v) is 3.87. The van der Waals surface area contributed by atoms with Gasteiger partial charge < -0.3 is 19.3 Å². The predicted octanol–water partition coefficient (Wildman–Crippen LogP) is 0.184. The number of aliphatic hydroxyl groups is 1. The molecular weight excluding hydrogens is 292 g/mol. The van der Waals surface area contributed by atoms with Crippen molar-refractivity contribution in [1.82, 2.24) is 0 Å². The number of carbonyl (C=O) groups excluding carboxylic acids is 3. The molecule has 7 nitrogen and oxygen atoms in total. The van der Waals surface area contributed by atoms with E-state index in [1.807, 2.05) is 0 Å². The summed E-state index contributed by atoms with van der Waals surface area (Å²) in [4.78, 5) is 34.9. The maximum atomic E-state index is 11.9. The van der Waals surface area contributed by atoms with Gasteiger partial charge in [0.25, 0.3) is 0 Å². The number of esters is 3. The van der Waals surface area contributed by atoms with Gasteiger partial charge in [-0.05, 0) is 38.5 Å². The Morgan fingerprint density at radius 2 is 2.09 bits per heavy atom. The SMILES string of the molecule is CC(O)C(=O)OCC(=O)OC1C2CC3CC(C2)C(=O)OC1C3. The topological polar surface area (TPSA) is 99.1 Å². The molecule has 4 aliphatic rings. The number of hydrogen-bond donors (Lipinski definition) is 1. The second-order valence-electron chi connectivity index (χ2n) is 6.48. The highest BCUT2D eigenvalue weighted by Gasteiger charge is 2.51. The van der Waals surface area contributed by atoms with Crippen LogP contribution >= 0.6 is 0 Å². The van der Waals surface area contributed by atoms with E-state index in [0.717, 1.165) is 19.3 Å². The number of fused-ring (bicyclic) bond motifs is 1. The van der Waals surface area contributed by atoms with Gasteiger partial charge in [0.05, 0.1) is 5.92 Å². The van der Waals surface area contributed by atoms with Gasteiger partial charge in [0, 0.05) is 5.92 Å². The van der Waals surface area contributed by atoms with Crippen LogP contribution in [0.1, 0.15) is 32.6 Å². The summed E-state index contributed by atoms with van der Waals surface area (Å²) in [6.07, 6.45) is 1.11. The van der Waals surface area contributed by atoms with Crippen LogP contribution in [-0.2, 0) is 28.6 Å². The maximum Gasteiger partial charge on any atom is 0.344 e. The summed E-state index contributed by atoms with van der Waals surface area (Å²) in [7, 11) is 0. The fraction of sp³-hybridized carbons (Fsp3) is 0.800. The van der Waals surface area contributed by atoms with Crippen molar-refractivity contribution in [3.63, 3.8) is 0 Å². The zero-order valence-corrected chi connectivity index (χ0v) is 12.4. The van der Waals surface area contributed by atoms with Gasteiger partial charge in [-0.3, -0.25) is 4.79 Å². The molecule has 0 aromatic carbocycles. The molecule has 4 bridgehead atoms. The van der Waals surface area contributed by atoms with Crippen LogP contribution in [-0.4, -0.2) is 47.9 Å². The molecule has 2 aliphatic heterocycles. The van der Waals surface area contributed by atoms with Gasteiger partial charge in [-0.2, -0.15) is 0 Å². The summed E-state index contributed by atoms with van der Waals surface area (Å²) in [5.74, 6) is -1.22. The lowest BCUT2D eigenvalue weighted by atomic mass is 9.67. The molecule has 122 valence electrons. The van der Waals surface area contributed by atoms with Crippen molar-refractivity contribution in [3.8, 4) is 0 Å². The van der Waals surface area contributed by atoms with E-state index in [9.17, 15) is 14.4 Å². The van der Waals surface area contributed by atoms with E-state index < -0.39 is 30.8 Å². The average molecular weight is 312 g/mol. The first-order chi connectivity index (χ1) is 10.4. The van der Waals surface area contributed by atoms with E-state index in [2.05, 4.69) is 4.74 Å². The number of hydrogen-bond acceptors (Lipinski definition) is 7. The zero-order chi connectivity index (χ0) is 15.9. The van der Waals surface area contributed by atoms with Gasteiger partial charge in [0.1, 0.15) is 18.3 Å². The molecule has 2 heterocycles. The molecule has 0 amide bonds. The monoisotopic (exact) mass is 312 g/mol. The average Bonchev–Trinajstić information content (AvgIpc) is 2.62. The van der Waals surface area contributed by atoms with Crippen molar-refractivity contribution >= 4 is 17.9 Å². The summed E-state index contributed by atoms with van der Waals surface area (Å²) in [6, 6.07) is 0. The Balaban J connectivity index is 1.59. The van der Waals surface area contributed by atoms with Crippen LogP contribution in [0.4, 0.5) is 0 Å². The normalized spacial score (nSPS) is 37.2. The molecule has 2 saturated heterocycles. The van der Waals surface area contributed by atoms with Crippen molar-refractivity contribution in [2.45, 2.75) is 50.9 Å². The van der Waals surface area contributed by atoms with Gasteiger partial charge in [0.15, 0.2) is 6.61 Å². The minimum Gasteiger partial charge on any atom is -0.458 e. The minimum atomic E-state index is -1.28. The molecule has 1 N–H and O–H groups in total. The molecular formula is C15H20O7. The Morgan fingerprint density at radius 1 is 1.32 bits per heavy atom. The standard InChI is InChI=1S/C15H20O7/c1-7(16)14(18)20-6-12(17)22-13-9-2-8-3-10(5-9)15(19)21-11(13)4-8/h7-11,13,16H,2-6H2,1H3. The number of ether oxygens (including phenoxy) is 3. The molecule has 6 unspecified atom stereocenters. The van der Waals surface area contributed by atoms with Crippen LogP contribution in [0.2, 0.25) is 0 Å². The van der Waals surface area contributed by atoms with Gasteiger partial charge in [-0.1, -0.05) is 0 Å². The molecule has 22 heavy (non-hydrogen) atoms. The lowest BCUT2D eigenvalue weighted by Crippen LogP contribution is -2.45. The third-order valence-electron chi connectivity index (χ3n) is 4.78. The number of rotatable bonds is 4. The molecule has 0 radical (unpaired) electrons. The van der Waals surface area contributed by atoms with Crippen LogP contribution in [0.15, 0.2) is 0 Å². The highest BCUT2D eigenvalue weighted by Crippen LogP contribution is 2.48. The van der Waals surface area contributed by atoms with Crippen molar-refractivity contribution in [2.24, 2.45) is 17.8 Å². The molecule has 2 saturated carbocycles. The fourth-order valence-electron chi connectivity index (χ4n) is 3.87. The van der Waals surface area contributed by atoms with E-state index in [4.69, 9.17) is 14.6 Å². The zero-order valence-electron chi connectivity index (χ0n) is 12.4. The lowest BCUT2D eigenvalue weighted by Gasteiger charge is -2.41. The molecule has 0 aromatic rings. The van der Waals surface area contributed by atoms with Crippen LogP contribution in [0, 0.1) is 17.8 Å². The largest absolute Gasteiger partial charge is 0.458 e. The summed E-state index contributed by atoms with van der Waals surface area (Å²) in [6.45, 7) is 0.718. The smallest absolute Gasteiger partial charge is 0.344 e. The van der Waals surface area contributed by atoms with E-state index in [0.29, 0.717) is 12.3 Å². The molecule has 0 spiro atoms. The van der Waals surface area contributed by atoms with Gasteiger partial charge in [-0.15, -0.1) is 0 Å². The molecule has 0 aromatic heterocycles. The van der Waals surface area contributed by atoms with E-state index >= 15 is 0 Å². The van der Waals surface area contributed by atoms with Crippen molar-refractivity contribution < 1.29 is 33.7 Å². The summed E-state index contributed by atoms with van der Waals surface area (Å²) >= 11 is 0. The molecule has 2 aliphatic carbocycles. The first-order valence-electron chi connectivity index (χ1n) is 7.68. The van der Waals surface area contributed by atoms with E-state index in [1.54, 1.807) is 0 Å². The van der Waals surface area contributed by atoms with Crippen LogP contribution < -0.4 is 0 Å². The molecule has 4 fully saturated rings. The first kappa shape index (κ1) is 15.3. The first-order valence-corrected chi connectivity index (χ1v) is 7.68. The molecule has 7 heteroatoms. The summed E-state index contributed by atoms with van der Waals surface area (Å²) < 4.78 is 15.5. The Kier molecular flexibility index (Phi) is 4.08. The van der Waals surface area contributed by atoms with E-state index in [1.165, 1.54) is 6.92 Å². The Labute approximate surface area is 127 Å². The Hall–Kier alpha value is -1.63. The number of carbonyl (C=O) groups is 3. The minimum absolute atomic E-state index is 0.0782. The maximum absolute atomic E-state index is 11.9. The number of aliphatic hydroxyl groups excluding tert-OH is 1. The predicted molar refractivity (Wildman–Crippen MR) is 71.3 cm³/mol. The van der Waals surface area contributed by atoms with Crippen LogP contribution in [0.25, 0.3) is 0 Å². The summed E-state index contributed by atoms with van der Waals surface area (Å²) in [5, 5.41) is 9.00. The van der Waals surface area contributed by atoms with Gasteiger partial charge in [0.2, 0.25) is 0 Å². The highest BCUT2D eigenvalue weighted by atomic mass is 16.6. The molecule has 6 atom stereocenters. The van der Waals surface area contributed by atoms with Crippen molar-refractivity contribution in [3.05, 3.63) is 0 Å².